The Morgan fingerprint density at radius 3 is 2.70 bits per heavy atom. The zero-order valence-electron chi connectivity index (χ0n) is 16.0. The highest BCUT2D eigenvalue weighted by molar-refractivity contribution is 5.80. The number of hydrogen-bond acceptors (Lipinski definition) is 4. The maximum absolute atomic E-state index is 11.7. The Balaban J connectivity index is 1.55. The number of likely N-dealkylation sites (tertiary alicyclic amines) is 1. The van der Waals surface area contributed by atoms with Gasteiger partial charge in [0, 0.05) is 39.1 Å². The summed E-state index contributed by atoms with van der Waals surface area (Å²) < 4.78 is 6.99. The predicted octanol–water partition coefficient (Wildman–Crippen LogP) is 1.89. The number of methoxy groups -OCH3 is 1. The zero-order chi connectivity index (χ0) is 19.1. The molecule has 27 heavy (non-hydrogen) atoms. The van der Waals surface area contributed by atoms with Gasteiger partial charge in [0.25, 0.3) is 0 Å². The molecule has 2 heterocycles. The molecule has 1 saturated heterocycles. The van der Waals surface area contributed by atoms with Crippen LogP contribution in [0.15, 0.2) is 47.7 Å². The van der Waals surface area contributed by atoms with Crippen molar-refractivity contribution in [2.75, 3.05) is 27.2 Å². The molecule has 2 aromatic rings. The van der Waals surface area contributed by atoms with Crippen LogP contribution < -0.4 is 5.32 Å². The van der Waals surface area contributed by atoms with Crippen LogP contribution in [0.2, 0.25) is 0 Å². The molecule has 0 atom stereocenters. The number of benzene rings is 1. The number of carbonyl (C=O) groups is 1. The van der Waals surface area contributed by atoms with Gasteiger partial charge in [-0.3, -0.25) is 9.79 Å². The first kappa shape index (κ1) is 18.9. The molecule has 0 bridgehead atoms. The molecule has 0 aliphatic carbocycles. The van der Waals surface area contributed by atoms with E-state index in [2.05, 4.69) is 36.9 Å². The van der Waals surface area contributed by atoms with Crippen LogP contribution in [0.3, 0.4) is 0 Å². The first-order valence-corrected chi connectivity index (χ1v) is 9.28. The molecule has 1 fully saturated rings. The third kappa shape index (κ3) is 4.87. The van der Waals surface area contributed by atoms with Gasteiger partial charge in [0.05, 0.1) is 19.6 Å². The van der Waals surface area contributed by atoms with E-state index in [1.54, 1.807) is 7.05 Å². The second-order valence-corrected chi connectivity index (χ2v) is 6.64. The lowest BCUT2D eigenvalue weighted by Crippen LogP contribution is -2.46. The number of ether oxygens (including phenoxy) is 1. The van der Waals surface area contributed by atoms with Gasteiger partial charge < -0.3 is 19.5 Å². The summed E-state index contributed by atoms with van der Waals surface area (Å²) in [6.45, 7) is 2.97. The molecule has 7 heteroatoms. The number of piperidine rings is 1. The molecule has 144 valence electrons. The smallest absolute Gasteiger partial charge is 0.308 e. The third-order valence-electron chi connectivity index (χ3n) is 4.94. The summed E-state index contributed by atoms with van der Waals surface area (Å²) in [5, 5.41) is 3.40. The first-order valence-electron chi connectivity index (χ1n) is 9.28. The molecule has 1 aliphatic heterocycles. The number of nitrogens with one attached hydrogen (secondary N) is 1. The zero-order valence-corrected chi connectivity index (χ0v) is 16.0. The summed E-state index contributed by atoms with van der Waals surface area (Å²) >= 11 is 0. The number of hydrogen-bond donors (Lipinski definition) is 1. The van der Waals surface area contributed by atoms with Crippen molar-refractivity contribution < 1.29 is 9.53 Å². The topological polar surface area (TPSA) is 71.8 Å². The minimum Gasteiger partial charge on any atom is -0.469 e. The van der Waals surface area contributed by atoms with Crippen LogP contribution in [0, 0.1) is 5.92 Å². The van der Waals surface area contributed by atoms with Crippen LogP contribution in [0.25, 0.3) is 0 Å². The third-order valence-corrected chi connectivity index (χ3v) is 4.94. The lowest BCUT2D eigenvalue weighted by Gasteiger charge is -2.33. The monoisotopic (exact) mass is 369 g/mol. The van der Waals surface area contributed by atoms with Gasteiger partial charge in [-0.2, -0.15) is 0 Å². The van der Waals surface area contributed by atoms with E-state index in [1.807, 2.05) is 30.6 Å². The summed E-state index contributed by atoms with van der Waals surface area (Å²) in [4.78, 5) is 22.7. The Morgan fingerprint density at radius 1 is 1.30 bits per heavy atom. The molecule has 3 rings (SSSR count). The Labute approximate surface area is 160 Å². The van der Waals surface area contributed by atoms with Gasteiger partial charge >= 0.3 is 5.97 Å². The minimum atomic E-state index is -0.111. The van der Waals surface area contributed by atoms with Crippen molar-refractivity contribution in [1.82, 2.24) is 19.8 Å². The molecule has 7 nitrogen and oxygen atoms in total. The number of carbonyl (C=O) groups excluding carboxylic acids is 1. The van der Waals surface area contributed by atoms with Crippen LogP contribution >= 0.6 is 0 Å². The van der Waals surface area contributed by atoms with E-state index in [1.165, 1.54) is 12.7 Å². The van der Waals surface area contributed by atoms with Gasteiger partial charge in [0.1, 0.15) is 5.82 Å². The maximum atomic E-state index is 11.7. The van der Waals surface area contributed by atoms with Crippen molar-refractivity contribution in [2.24, 2.45) is 10.9 Å². The van der Waals surface area contributed by atoms with Crippen LogP contribution in [0.1, 0.15) is 24.2 Å². The molecule has 1 N–H and O–H groups in total. The summed E-state index contributed by atoms with van der Waals surface area (Å²) in [6.07, 6.45) is 5.39. The van der Waals surface area contributed by atoms with Gasteiger partial charge in [-0.05, 0) is 18.4 Å². The number of aliphatic imine (C=N–C) groups is 1. The fourth-order valence-corrected chi connectivity index (χ4v) is 3.42. The van der Waals surface area contributed by atoms with Crippen molar-refractivity contribution in [2.45, 2.75) is 25.9 Å². The van der Waals surface area contributed by atoms with Gasteiger partial charge in [-0.1, -0.05) is 30.3 Å². The lowest BCUT2D eigenvalue weighted by atomic mass is 9.97. The fourth-order valence-electron chi connectivity index (χ4n) is 3.42. The quantitative estimate of drug-likeness (QED) is 0.495. The largest absolute Gasteiger partial charge is 0.469 e. The second kappa shape index (κ2) is 9.21. The van der Waals surface area contributed by atoms with E-state index in [0.717, 1.165) is 44.3 Å². The van der Waals surface area contributed by atoms with Crippen molar-refractivity contribution in [3.63, 3.8) is 0 Å². The Hall–Kier alpha value is -2.83. The first-order chi connectivity index (χ1) is 13.2. The van der Waals surface area contributed by atoms with E-state index in [0.29, 0.717) is 6.54 Å². The molecule has 1 aliphatic rings. The molecule has 1 aromatic heterocycles. The van der Waals surface area contributed by atoms with E-state index in [4.69, 9.17) is 4.74 Å². The second-order valence-electron chi connectivity index (χ2n) is 6.64. The Kier molecular flexibility index (Phi) is 6.46. The normalized spacial score (nSPS) is 15.6. The highest BCUT2D eigenvalue weighted by Crippen LogP contribution is 2.18. The molecule has 0 amide bonds. The fraction of sp³-hybridized carbons (Fsp3) is 0.450. The number of imidazole rings is 1. The number of rotatable bonds is 5. The van der Waals surface area contributed by atoms with Gasteiger partial charge in [0.15, 0.2) is 5.96 Å². The number of aromatic nitrogens is 2. The van der Waals surface area contributed by atoms with Crippen molar-refractivity contribution in [3.05, 3.63) is 54.1 Å². The molecule has 0 radical (unpaired) electrons. The SMILES string of the molecule is CN=C(NCc1nccn1Cc1ccccc1)N1CCC(C(=O)OC)CC1. The molecule has 1 aromatic carbocycles. The van der Waals surface area contributed by atoms with Crippen molar-refractivity contribution in [3.8, 4) is 0 Å². The molecular formula is C20H27N5O2. The minimum absolute atomic E-state index is 0.00544. The molecule has 0 unspecified atom stereocenters. The van der Waals surface area contributed by atoms with Crippen molar-refractivity contribution in [1.29, 1.82) is 0 Å². The maximum Gasteiger partial charge on any atom is 0.308 e. The highest BCUT2D eigenvalue weighted by atomic mass is 16.5. The molecule has 0 saturated carbocycles. The summed E-state index contributed by atoms with van der Waals surface area (Å²) in [6, 6.07) is 10.3. The molecule has 0 spiro atoms. The molecular weight excluding hydrogens is 342 g/mol. The van der Waals surface area contributed by atoms with Crippen LogP contribution in [-0.2, 0) is 22.6 Å². The van der Waals surface area contributed by atoms with E-state index in [-0.39, 0.29) is 11.9 Å². The van der Waals surface area contributed by atoms with Crippen molar-refractivity contribution >= 4 is 11.9 Å². The number of nitrogens with zero attached hydrogens (tertiary/aromatic N) is 4. The van der Waals surface area contributed by atoms with Crippen LogP contribution in [0.4, 0.5) is 0 Å². The Bertz CT molecular complexity index is 764. The number of guanidine groups is 1. The summed E-state index contributed by atoms with van der Waals surface area (Å²) in [5.41, 5.74) is 1.24. The van der Waals surface area contributed by atoms with Gasteiger partial charge in [-0.25, -0.2) is 4.98 Å². The predicted molar refractivity (Wildman–Crippen MR) is 104 cm³/mol. The highest BCUT2D eigenvalue weighted by Gasteiger charge is 2.27. The average molecular weight is 369 g/mol. The van der Waals surface area contributed by atoms with Crippen LogP contribution in [-0.4, -0.2) is 53.6 Å². The van der Waals surface area contributed by atoms with E-state index in [9.17, 15) is 4.79 Å². The van der Waals surface area contributed by atoms with Crippen LogP contribution in [0.5, 0.6) is 0 Å². The van der Waals surface area contributed by atoms with Gasteiger partial charge in [0.2, 0.25) is 0 Å². The Morgan fingerprint density at radius 2 is 2.04 bits per heavy atom. The lowest BCUT2D eigenvalue weighted by molar-refractivity contribution is -0.146. The standard InChI is InChI=1S/C20H27N5O2/c1-21-20(24-11-8-17(9-12-24)19(26)27-2)23-14-18-22-10-13-25(18)15-16-6-4-3-5-7-16/h3-7,10,13,17H,8-9,11-12,14-15H2,1-2H3,(H,21,23). The average Bonchev–Trinajstić information content (AvgIpc) is 3.16. The number of esters is 1. The van der Waals surface area contributed by atoms with Gasteiger partial charge in [-0.15, -0.1) is 0 Å². The van der Waals surface area contributed by atoms with E-state index >= 15 is 0 Å². The summed E-state index contributed by atoms with van der Waals surface area (Å²) in [7, 11) is 3.23. The van der Waals surface area contributed by atoms with E-state index < -0.39 is 0 Å². The summed E-state index contributed by atoms with van der Waals surface area (Å²) in [5.74, 6) is 1.69.